The number of carbonyl (C=O) groups is 1. The van der Waals surface area contributed by atoms with Crippen LogP contribution in [0.15, 0.2) is 10.9 Å². The highest BCUT2D eigenvalue weighted by Gasteiger charge is 2.21. The molecule has 0 aromatic carbocycles. The van der Waals surface area contributed by atoms with E-state index in [2.05, 4.69) is 15.6 Å². The summed E-state index contributed by atoms with van der Waals surface area (Å²) >= 11 is 1.59. The van der Waals surface area contributed by atoms with Gasteiger partial charge in [-0.1, -0.05) is 0 Å². The summed E-state index contributed by atoms with van der Waals surface area (Å²) in [6.45, 7) is 1.64. The normalized spacial score (nSPS) is 20.4. The maximum Gasteiger partial charge on any atom is 0.237 e. The molecule has 1 saturated heterocycles. The predicted molar refractivity (Wildman–Crippen MR) is 59.9 cm³/mol. The van der Waals surface area contributed by atoms with Crippen LogP contribution < -0.4 is 10.6 Å². The van der Waals surface area contributed by atoms with Crippen molar-refractivity contribution < 1.29 is 4.79 Å². The monoisotopic (exact) mass is 225 g/mol. The first kappa shape index (κ1) is 10.6. The molecule has 15 heavy (non-hydrogen) atoms. The van der Waals surface area contributed by atoms with Crippen LogP contribution in [0.25, 0.3) is 0 Å². The Morgan fingerprint density at radius 1 is 1.73 bits per heavy atom. The third kappa shape index (κ3) is 3.00. The quantitative estimate of drug-likeness (QED) is 0.787. The smallest absolute Gasteiger partial charge is 0.237 e. The van der Waals surface area contributed by atoms with Crippen LogP contribution in [-0.4, -0.2) is 30.0 Å². The van der Waals surface area contributed by atoms with E-state index in [0.29, 0.717) is 6.54 Å². The second-order valence-corrected chi connectivity index (χ2v) is 4.39. The number of nitrogens with one attached hydrogen (secondary N) is 2. The zero-order valence-corrected chi connectivity index (χ0v) is 9.35. The van der Waals surface area contributed by atoms with Crippen LogP contribution in [0.2, 0.25) is 0 Å². The highest BCUT2D eigenvalue weighted by atomic mass is 32.1. The lowest BCUT2D eigenvalue weighted by molar-refractivity contribution is -0.122. The maximum atomic E-state index is 11.6. The molecule has 2 heterocycles. The van der Waals surface area contributed by atoms with E-state index < -0.39 is 0 Å². The first-order valence-corrected chi connectivity index (χ1v) is 6.19. The van der Waals surface area contributed by atoms with Gasteiger partial charge < -0.3 is 10.6 Å². The summed E-state index contributed by atoms with van der Waals surface area (Å²) in [6.07, 6.45) is 2.88. The summed E-state index contributed by atoms with van der Waals surface area (Å²) in [6, 6.07) is 0.0282. The molecule has 0 saturated carbocycles. The maximum absolute atomic E-state index is 11.6. The zero-order valence-electron chi connectivity index (χ0n) is 8.53. The second kappa shape index (κ2) is 5.23. The molecular formula is C10H15N3OS. The minimum absolute atomic E-state index is 0.0282. The first-order chi connectivity index (χ1) is 7.36. The molecule has 82 valence electrons. The highest BCUT2D eigenvalue weighted by molar-refractivity contribution is 7.07. The minimum atomic E-state index is 0.0282. The lowest BCUT2D eigenvalue weighted by atomic mass is 10.2. The average Bonchev–Trinajstić information content (AvgIpc) is 2.90. The molecule has 1 fully saturated rings. The largest absolute Gasteiger partial charge is 0.354 e. The van der Waals surface area contributed by atoms with Crippen molar-refractivity contribution in [3.63, 3.8) is 0 Å². The van der Waals surface area contributed by atoms with Gasteiger partial charge in [0.2, 0.25) is 5.91 Å². The second-order valence-electron chi connectivity index (χ2n) is 3.67. The molecule has 2 rings (SSSR count). The van der Waals surface area contributed by atoms with Gasteiger partial charge in [-0.05, 0) is 19.4 Å². The standard InChI is InChI=1S/C10H15N3OS/c14-10(9-2-1-4-11-9)12-5-3-8-6-15-7-13-8/h6-7,9,11H,1-5H2,(H,12,14). The topological polar surface area (TPSA) is 54.0 Å². The van der Waals surface area contributed by atoms with E-state index in [1.165, 1.54) is 0 Å². The van der Waals surface area contributed by atoms with Gasteiger partial charge in [-0.3, -0.25) is 4.79 Å². The Balaban J connectivity index is 1.67. The van der Waals surface area contributed by atoms with Crippen molar-refractivity contribution in [1.82, 2.24) is 15.6 Å². The van der Waals surface area contributed by atoms with Gasteiger partial charge in [0.1, 0.15) is 0 Å². The number of carbonyl (C=O) groups excluding carboxylic acids is 1. The van der Waals surface area contributed by atoms with Gasteiger partial charge in [-0.2, -0.15) is 0 Å². The molecule has 1 aromatic rings. The van der Waals surface area contributed by atoms with E-state index in [0.717, 1.165) is 31.5 Å². The van der Waals surface area contributed by atoms with Gasteiger partial charge in [0.05, 0.1) is 17.2 Å². The number of amides is 1. The lowest BCUT2D eigenvalue weighted by Gasteiger charge is -2.10. The zero-order chi connectivity index (χ0) is 10.5. The average molecular weight is 225 g/mol. The van der Waals surface area contributed by atoms with Crippen LogP contribution >= 0.6 is 11.3 Å². The van der Waals surface area contributed by atoms with Crippen molar-refractivity contribution >= 4 is 17.2 Å². The first-order valence-electron chi connectivity index (χ1n) is 5.24. The Hall–Kier alpha value is -0.940. The van der Waals surface area contributed by atoms with Gasteiger partial charge in [0.15, 0.2) is 0 Å². The van der Waals surface area contributed by atoms with Gasteiger partial charge in [0, 0.05) is 18.3 Å². The fourth-order valence-corrected chi connectivity index (χ4v) is 2.30. The molecule has 1 aliphatic rings. The highest BCUT2D eigenvalue weighted by Crippen LogP contribution is 2.05. The van der Waals surface area contributed by atoms with Gasteiger partial charge in [-0.15, -0.1) is 11.3 Å². The van der Waals surface area contributed by atoms with Crippen LogP contribution in [0.3, 0.4) is 0 Å². The van der Waals surface area contributed by atoms with E-state index in [-0.39, 0.29) is 11.9 Å². The van der Waals surface area contributed by atoms with Crippen molar-refractivity contribution in [2.24, 2.45) is 0 Å². The van der Waals surface area contributed by atoms with Crippen LogP contribution in [-0.2, 0) is 11.2 Å². The van der Waals surface area contributed by atoms with Crippen molar-refractivity contribution in [3.05, 3.63) is 16.6 Å². The minimum Gasteiger partial charge on any atom is -0.354 e. The molecule has 0 spiro atoms. The summed E-state index contributed by atoms with van der Waals surface area (Å²) < 4.78 is 0. The Kier molecular flexibility index (Phi) is 3.69. The molecule has 1 unspecified atom stereocenters. The number of thiazole rings is 1. The van der Waals surface area contributed by atoms with Crippen LogP contribution in [0.1, 0.15) is 18.5 Å². The fourth-order valence-electron chi connectivity index (χ4n) is 1.71. The Morgan fingerprint density at radius 3 is 3.33 bits per heavy atom. The number of rotatable bonds is 4. The number of hydrogen-bond acceptors (Lipinski definition) is 4. The Labute approximate surface area is 93.1 Å². The van der Waals surface area contributed by atoms with Gasteiger partial charge in [-0.25, -0.2) is 4.98 Å². The molecule has 0 bridgehead atoms. The van der Waals surface area contributed by atoms with E-state index in [9.17, 15) is 4.79 Å². The Bertz CT molecular complexity index is 306. The predicted octanol–water partition coefficient (Wildman–Crippen LogP) is 0.554. The van der Waals surface area contributed by atoms with E-state index >= 15 is 0 Å². The summed E-state index contributed by atoms with van der Waals surface area (Å²) in [7, 11) is 0. The molecule has 0 radical (unpaired) electrons. The molecular weight excluding hydrogens is 210 g/mol. The SMILES string of the molecule is O=C(NCCc1cscn1)C1CCCN1. The Morgan fingerprint density at radius 2 is 2.67 bits per heavy atom. The molecule has 1 aliphatic heterocycles. The van der Waals surface area contributed by atoms with Crippen LogP contribution in [0, 0.1) is 0 Å². The number of nitrogens with zero attached hydrogens (tertiary/aromatic N) is 1. The van der Waals surface area contributed by atoms with Gasteiger partial charge >= 0.3 is 0 Å². The number of hydrogen-bond donors (Lipinski definition) is 2. The third-order valence-corrected chi connectivity index (χ3v) is 3.18. The van der Waals surface area contributed by atoms with Crippen molar-refractivity contribution in [3.8, 4) is 0 Å². The summed E-state index contributed by atoms with van der Waals surface area (Å²) in [5.41, 5.74) is 2.87. The molecule has 1 amide bonds. The van der Waals surface area contributed by atoms with E-state index in [1.54, 1.807) is 11.3 Å². The summed E-state index contributed by atoms with van der Waals surface area (Å²) in [5.74, 6) is 0.128. The molecule has 5 heteroatoms. The van der Waals surface area contributed by atoms with E-state index in [4.69, 9.17) is 0 Å². The molecule has 1 aromatic heterocycles. The summed E-state index contributed by atoms with van der Waals surface area (Å²) in [4.78, 5) is 15.7. The molecule has 4 nitrogen and oxygen atoms in total. The van der Waals surface area contributed by atoms with Crippen LogP contribution in [0.4, 0.5) is 0 Å². The molecule has 2 N–H and O–H groups in total. The number of aromatic nitrogens is 1. The van der Waals surface area contributed by atoms with Crippen molar-refractivity contribution in [2.45, 2.75) is 25.3 Å². The fraction of sp³-hybridized carbons (Fsp3) is 0.600. The lowest BCUT2D eigenvalue weighted by Crippen LogP contribution is -2.41. The van der Waals surface area contributed by atoms with E-state index in [1.807, 2.05) is 10.9 Å². The third-order valence-electron chi connectivity index (χ3n) is 2.54. The van der Waals surface area contributed by atoms with Gasteiger partial charge in [0.25, 0.3) is 0 Å². The summed E-state index contributed by atoms with van der Waals surface area (Å²) in [5, 5.41) is 8.11. The van der Waals surface area contributed by atoms with Crippen molar-refractivity contribution in [2.75, 3.05) is 13.1 Å². The van der Waals surface area contributed by atoms with Crippen molar-refractivity contribution in [1.29, 1.82) is 0 Å². The molecule has 1 atom stereocenters. The molecule has 0 aliphatic carbocycles. The van der Waals surface area contributed by atoms with Crippen LogP contribution in [0.5, 0.6) is 0 Å².